The number of urea groups is 1. The summed E-state index contributed by atoms with van der Waals surface area (Å²) in [6.45, 7) is 4.61. The Bertz CT molecular complexity index is 447. The fraction of sp³-hybridized carbons (Fsp3) is 0.615. The summed E-state index contributed by atoms with van der Waals surface area (Å²) in [5.74, 6) is -1.07. The van der Waals surface area contributed by atoms with Crippen LogP contribution in [-0.2, 0) is 11.3 Å². The first-order chi connectivity index (χ1) is 10.1. The number of unbranched alkanes of at least 4 members (excludes halogenated alkanes) is 1. The molecular formula is C13H22N4O4. The molecule has 1 heterocycles. The number of hydrogen-bond acceptors (Lipinski definition) is 4. The minimum absolute atomic E-state index is 0.0105. The van der Waals surface area contributed by atoms with E-state index in [2.05, 4.69) is 22.5 Å². The Balaban J connectivity index is 2.06. The molecule has 0 saturated heterocycles. The summed E-state index contributed by atoms with van der Waals surface area (Å²) < 4.78 is 6.92. The Morgan fingerprint density at radius 1 is 1.33 bits per heavy atom. The van der Waals surface area contributed by atoms with Crippen molar-refractivity contribution in [3.05, 3.63) is 18.2 Å². The Morgan fingerprint density at radius 2 is 2.10 bits per heavy atom. The molecule has 8 nitrogen and oxygen atoms in total. The molecule has 2 amide bonds. The predicted octanol–water partition coefficient (Wildman–Crippen LogP) is 0.697. The molecule has 1 aromatic heterocycles. The number of aromatic nitrogens is 2. The van der Waals surface area contributed by atoms with E-state index in [1.807, 2.05) is 0 Å². The lowest BCUT2D eigenvalue weighted by atomic mass is 10.4. The standard InChI is InChI=1S/C13H22N4O4/c1-2-3-7-21-8-5-15-13(20)14-4-6-17-9-11(12(18)19)16-10-17/h9-10H,2-8H2,1H3,(H,18,19)(H2,14,15,20). The second-order valence-corrected chi connectivity index (χ2v) is 4.45. The average molecular weight is 298 g/mol. The van der Waals surface area contributed by atoms with Crippen molar-refractivity contribution in [2.75, 3.05) is 26.3 Å². The van der Waals surface area contributed by atoms with Crippen LogP contribution in [0.25, 0.3) is 0 Å². The lowest BCUT2D eigenvalue weighted by molar-refractivity contribution is 0.0691. The molecule has 118 valence electrons. The van der Waals surface area contributed by atoms with Gasteiger partial charge in [0, 0.05) is 32.4 Å². The van der Waals surface area contributed by atoms with Crippen LogP contribution in [0.1, 0.15) is 30.3 Å². The summed E-state index contributed by atoms with van der Waals surface area (Å²) in [4.78, 5) is 25.8. The molecule has 8 heteroatoms. The summed E-state index contributed by atoms with van der Waals surface area (Å²) in [5, 5.41) is 14.1. The third-order valence-electron chi connectivity index (χ3n) is 2.68. The molecule has 0 aliphatic heterocycles. The molecule has 0 spiro atoms. The molecule has 0 saturated carbocycles. The zero-order valence-electron chi connectivity index (χ0n) is 12.2. The van der Waals surface area contributed by atoms with Gasteiger partial charge in [-0.25, -0.2) is 14.6 Å². The molecule has 0 radical (unpaired) electrons. The number of amides is 2. The van der Waals surface area contributed by atoms with Crippen LogP contribution in [-0.4, -0.2) is 53.0 Å². The van der Waals surface area contributed by atoms with Crippen molar-refractivity contribution in [3.63, 3.8) is 0 Å². The van der Waals surface area contributed by atoms with E-state index in [9.17, 15) is 9.59 Å². The molecule has 1 aromatic rings. The molecule has 0 unspecified atom stereocenters. The van der Waals surface area contributed by atoms with Crippen LogP contribution in [0, 0.1) is 0 Å². The summed E-state index contributed by atoms with van der Waals surface area (Å²) in [7, 11) is 0. The van der Waals surface area contributed by atoms with Gasteiger partial charge < -0.3 is 25.0 Å². The number of carbonyl (C=O) groups is 2. The number of carbonyl (C=O) groups excluding carboxylic acids is 1. The normalized spacial score (nSPS) is 10.3. The van der Waals surface area contributed by atoms with Gasteiger partial charge in [-0.15, -0.1) is 0 Å². The van der Waals surface area contributed by atoms with Crippen LogP contribution in [0.2, 0.25) is 0 Å². The van der Waals surface area contributed by atoms with Crippen LogP contribution in [0.15, 0.2) is 12.5 Å². The number of nitrogens with zero attached hydrogens (tertiary/aromatic N) is 2. The minimum atomic E-state index is -1.07. The molecule has 0 bridgehead atoms. The first kappa shape index (κ1) is 17.0. The Hall–Kier alpha value is -2.09. The van der Waals surface area contributed by atoms with Gasteiger partial charge in [-0.1, -0.05) is 13.3 Å². The number of aromatic carboxylic acids is 1. The molecule has 0 aliphatic carbocycles. The predicted molar refractivity (Wildman–Crippen MR) is 76.3 cm³/mol. The maximum Gasteiger partial charge on any atom is 0.356 e. The number of imidazole rings is 1. The Kier molecular flexibility index (Phi) is 7.88. The van der Waals surface area contributed by atoms with E-state index >= 15 is 0 Å². The first-order valence-corrected chi connectivity index (χ1v) is 6.98. The van der Waals surface area contributed by atoms with Crippen molar-refractivity contribution in [1.82, 2.24) is 20.2 Å². The molecule has 1 rings (SSSR count). The van der Waals surface area contributed by atoms with Gasteiger partial charge in [0.15, 0.2) is 5.69 Å². The van der Waals surface area contributed by atoms with E-state index in [0.717, 1.165) is 12.8 Å². The van der Waals surface area contributed by atoms with E-state index in [0.29, 0.717) is 32.8 Å². The summed E-state index contributed by atoms with van der Waals surface area (Å²) >= 11 is 0. The van der Waals surface area contributed by atoms with Crippen LogP contribution in [0.3, 0.4) is 0 Å². The molecule has 0 atom stereocenters. The minimum Gasteiger partial charge on any atom is -0.476 e. The van der Waals surface area contributed by atoms with Gasteiger partial charge in [-0.05, 0) is 6.42 Å². The molecular weight excluding hydrogens is 276 g/mol. The second-order valence-electron chi connectivity index (χ2n) is 4.45. The van der Waals surface area contributed by atoms with Gasteiger partial charge in [0.25, 0.3) is 0 Å². The fourth-order valence-electron chi connectivity index (χ4n) is 1.54. The molecule has 21 heavy (non-hydrogen) atoms. The van der Waals surface area contributed by atoms with Crippen molar-refractivity contribution >= 4 is 12.0 Å². The van der Waals surface area contributed by atoms with Gasteiger partial charge in [0.1, 0.15) is 0 Å². The average Bonchev–Trinajstić information content (AvgIpc) is 2.92. The van der Waals surface area contributed by atoms with Crippen molar-refractivity contribution < 1.29 is 19.4 Å². The summed E-state index contributed by atoms with van der Waals surface area (Å²) in [5.41, 5.74) is -0.0105. The van der Waals surface area contributed by atoms with Crippen molar-refractivity contribution in [1.29, 1.82) is 0 Å². The molecule has 0 aliphatic rings. The van der Waals surface area contributed by atoms with E-state index in [1.165, 1.54) is 12.5 Å². The maximum atomic E-state index is 11.4. The number of hydrogen-bond donors (Lipinski definition) is 3. The number of carboxylic acids is 1. The highest BCUT2D eigenvalue weighted by atomic mass is 16.5. The maximum absolute atomic E-state index is 11.4. The topological polar surface area (TPSA) is 105 Å². The van der Waals surface area contributed by atoms with Crippen molar-refractivity contribution in [2.24, 2.45) is 0 Å². The first-order valence-electron chi connectivity index (χ1n) is 6.98. The summed E-state index contributed by atoms with van der Waals surface area (Å²) in [6.07, 6.45) is 4.95. The number of carboxylic acid groups (broad SMARTS) is 1. The van der Waals surface area contributed by atoms with Crippen molar-refractivity contribution in [3.8, 4) is 0 Å². The Morgan fingerprint density at radius 3 is 2.76 bits per heavy atom. The van der Waals surface area contributed by atoms with Crippen LogP contribution < -0.4 is 10.6 Å². The quantitative estimate of drug-likeness (QED) is 0.551. The van der Waals surface area contributed by atoms with E-state index in [4.69, 9.17) is 9.84 Å². The van der Waals surface area contributed by atoms with Crippen LogP contribution in [0.5, 0.6) is 0 Å². The smallest absolute Gasteiger partial charge is 0.356 e. The number of nitrogens with one attached hydrogen (secondary N) is 2. The van der Waals surface area contributed by atoms with Gasteiger partial charge in [0.2, 0.25) is 0 Å². The third-order valence-corrected chi connectivity index (χ3v) is 2.68. The van der Waals surface area contributed by atoms with Gasteiger partial charge in [-0.3, -0.25) is 0 Å². The largest absolute Gasteiger partial charge is 0.476 e. The number of ether oxygens (including phenoxy) is 1. The highest BCUT2D eigenvalue weighted by molar-refractivity contribution is 5.84. The number of rotatable bonds is 10. The lowest BCUT2D eigenvalue weighted by Gasteiger charge is -2.08. The van der Waals surface area contributed by atoms with E-state index in [1.54, 1.807) is 4.57 Å². The highest BCUT2D eigenvalue weighted by Crippen LogP contribution is 1.95. The fourth-order valence-corrected chi connectivity index (χ4v) is 1.54. The monoisotopic (exact) mass is 298 g/mol. The highest BCUT2D eigenvalue weighted by Gasteiger charge is 2.06. The van der Waals surface area contributed by atoms with E-state index < -0.39 is 5.97 Å². The van der Waals surface area contributed by atoms with Crippen LogP contribution >= 0.6 is 0 Å². The lowest BCUT2D eigenvalue weighted by Crippen LogP contribution is -2.38. The van der Waals surface area contributed by atoms with Gasteiger partial charge in [0.05, 0.1) is 12.9 Å². The van der Waals surface area contributed by atoms with Gasteiger partial charge in [-0.2, -0.15) is 0 Å². The second kappa shape index (κ2) is 9.76. The van der Waals surface area contributed by atoms with Crippen molar-refractivity contribution in [2.45, 2.75) is 26.3 Å². The zero-order valence-corrected chi connectivity index (χ0v) is 12.2. The molecule has 3 N–H and O–H groups in total. The van der Waals surface area contributed by atoms with E-state index in [-0.39, 0.29) is 11.7 Å². The SMILES string of the molecule is CCCCOCCNC(=O)NCCn1cnc(C(=O)O)c1. The third kappa shape index (κ3) is 7.31. The molecule has 0 fully saturated rings. The Labute approximate surface area is 123 Å². The summed E-state index contributed by atoms with van der Waals surface area (Å²) in [6, 6.07) is -0.271. The van der Waals surface area contributed by atoms with Gasteiger partial charge >= 0.3 is 12.0 Å². The van der Waals surface area contributed by atoms with Crippen LogP contribution in [0.4, 0.5) is 4.79 Å². The molecule has 0 aromatic carbocycles. The zero-order chi connectivity index (χ0) is 15.5.